The van der Waals surface area contributed by atoms with Gasteiger partial charge in [-0.2, -0.15) is 0 Å². The topological polar surface area (TPSA) is 93.1 Å². The molecule has 2 aromatic rings. The largest absolute Gasteiger partial charge is 0.368 e. The number of halogens is 2. The number of aliphatic hydroxyl groups excluding tert-OH is 1. The molecule has 1 fully saturated rings. The molecule has 182 valence electrons. The Labute approximate surface area is 197 Å². The second-order valence-electron chi connectivity index (χ2n) is 9.29. The average molecular weight is 474 g/mol. The Kier molecular flexibility index (Phi) is 6.71. The van der Waals surface area contributed by atoms with Gasteiger partial charge in [0.1, 0.15) is 0 Å². The number of aliphatic hydroxyl groups is 2. The zero-order chi connectivity index (χ0) is 24.6. The summed E-state index contributed by atoms with van der Waals surface area (Å²) in [5, 5.41) is 20.5. The third-order valence-electron chi connectivity index (χ3n) is 6.97. The second-order valence-corrected chi connectivity index (χ2v) is 9.29. The fraction of sp³-hybridized carbons (Fsp3) is 0.440. The van der Waals surface area contributed by atoms with E-state index in [4.69, 9.17) is 0 Å². The molecular weight excluding hydrogens is 444 g/mol. The van der Waals surface area contributed by atoms with E-state index in [9.17, 15) is 28.6 Å². The zero-order valence-electron chi connectivity index (χ0n) is 19.2. The van der Waals surface area contributed by atoms with E-state index in [-0.39, 0.29) is 29.5 Å². The van der Waals surface area contributed by atoms with Gasteiger partial charge in [0.2, 0.25) is 5.91 Å². The second kappa shape index (κ2) is 9.40. The van der Waals surface area contributed by atoms with Gasteiger partial charge in [0.05, 0.1) is 11.5 Å². The summed E-state index contributed by atoms with van der Waals surface area (Å²) >= 11 is 0. The maximum Gasteiger partial charge on any atom is 0.265 e. The average Bonchev–Trinajstić information content (AvgIpc) is 3.29. The number of likely N-dealkylation sites (tertiary alicyclic amines) is 1. The number of hydrogen-bond acceptors (Lipinski definition) is 5. The number of nitrogens with zero attached hydrogens (tertiary/aromatic N) is 2. The molecule has 0 saturated carbocycles. The molecule has 2 heterocycles. The summed E-state index contributed by atoms with van der Waals surface area (Å²) in [7, 11) is 1.79. The highest BCUT2D eigenvalue weighted by atomic mass is 19.3. The number of nitrogens with one attached hydrogen (secondary N) is 1. The van der Waals surface area contributed by atoms with Gasteiger partial charge in [0.15, 0.2) is 6.29 Å². The molecule has 1 saturated heterocycles. The van der Waals surface area contributed by atoms with Crippen molar-refractivity contribution in [3.63, 3.8) is 0 Å². The SMILES string of the molecule is CN1CC[C@](C)(c2ccc3c(c2)CN(NC(=O)c2cccc(C(F)F)c2)C3CCC(O)O)C1=O. The molecule has 0 aliphatic carbocycles. The van der Waals surface area contributed by atoms with Crippen molar-refractivity contribution in [3.8, 4) is 0 Å². The molecule has 3 N–H and O–H groups in total. The van der Waals surface area contributed by atoms with Crippen LogP contribution in [0.15, 0.2) is 42.5 Å². The number of benzene rings is 2. The van der Waals surface area contributed by atoms with Crippen LogP contribution in [0.2, 0.25) is 0 Å². The minimum absolute atomic E-state index is 0.0643. The fourth-order valence-corrected chi connectivity index (χ4v) is 4.91. The molecule has 0 radical (unpaired) electrons. The highest BCUT2D eigenvalue weighted by Gasteiger charge is 2.43. The first-order chi connectivity index (χ1) is 16.1. The maximum absolute atomic E-state index is 13.1. The van der Waals surface area contributed by atoms with Crippen molar-refractivity contribution in [2.75, 3.05) is 13.6 Å². The number of likely N-dealkylation sites (N-methyl/N-ethyl adjacent to an activating group) is 1. The van der Waals surface area contributed by atoms with Crippen molar-refractivity contribution in [2.45, 2.75) is 56.9 Å². The van der Waals surface area contributed by atoms with E-state index in [1.54, 1.807) is 17.0 Å². The van der Waals surface area contributed by atoms with Crippen LogP contribution in [0.25, 0.3) is 0 Å². The van der Waals surface area contributed by atoms with E-state index in [0.717, 1.165) is 22.8 Å². The Bertz CT molecular complexity index is 1090. The summed E-state index contributed by atoms with van der Waals surface area (Å²) in [6.07, 6.45) is -3.00. The highest BCUT2D eigenvalue weighted by molar-refractivity contribution is 5.94. The van der Waals surface area contributed by atoms with Gasteiger partial charge in [-0.25, -0.2) is 13.8 Å². The fourth-order valence-electron chi connectivity index (χ4n) is 4.91. The lowest BCUT2D eigenvalue weighted by molar-refractivity contribution is -0.130. The maximum atomic E-state index is 13.1. The van der Waals surface area contributed by atoms with Crippen LogP contribution in [0.4, 0.5) is 8.78 Å². The molecule has 2 aliphatic rings. The van der Waals surface area contributed by atoms with E-state index in [2.05, 4.69) is 5.43 Å². The number of hydrazine groups is 1. The van der Waals surface area contributed by atoms with Crippen LogP contribution >= 0.6 is 0 Å². The standard InChI is InChI=1S/C25H29F2N3O4/c1-25(10-11-29(2)24(25)34)18-6-7-19-17(13-18)14-30(20(19)8-9-21(31)32)28-23(33)16-5-3-4-15(12-16)22(26)27/h3-7,12-13,20-22,31-32H,8-11,14H2,1-2H3,(H,28,33)/t20?,25-/m1/s1. The molecule has 9 heteroatoms. The first-order valence-electron chi connectivity index (χ1n) is 11.3. The van der Waals surface area contributed by atoms with Gasteiger partial charge in [-0.3, -0.25) is 15.0 Å². The number of amides is 2. The number of carbonyl (C=O) groups excluding carboxylic acids is 2. The lowest BCUT2D eigenvalue weighted by atomic mass is 9.79. The third-order valence-corrected chi connectivity index (χ3v) is 6.97. The molecule has 2 aromatic carbocycles. The molecule has 7 nitrogen and oxygen atoms in total. The number of rotatable bonds is 7. The summed E-state index contributed by atoms with van der Waals surface area (Å²) < 4.78 is 26.1. The van der Waals surface area contributed by atoms with Crippen LogP contribution < -0.4 is 5.43 Å². The van der Waals surface area contributed by atoms with Gasteiger partial charge in [0, 0.05) is 31.3 Å². The predicted molar refractivity (Wildman–Crippen MR) is 121 cm³/mol. The Morgan fingerprint density at radius 2 is 2.00 bits per heavy atom. The quantitative estimate of drug-likeness (QED) is 0.538. The normalized spacial score (nSPS) is 22.6. The number of hydrogen-bond donors (Lipinski definition) is 3. The monoisotopic (exact) mass is 473 g/mol. The molecule has 34 heavy (non-hydrogen) atoms. The zero-order valence-corrected chi connectivity index (χ0v) is 19.2. The van der Waals surface area contributed by atoms with E-state index < -0.39 is 24.0 Å². The smallest absolute Gasteiger partial charge is 0.265 e. The summed E-state index contributed by atoms with van der Waals surface area (Å²) in [5.41, 5.74) is 4.83. The van der Waals surface area contributed by atoms with Crippen molar-refractivity contribution >= 4 is 11.8 Å². The molecule has 0 spiro atoms. The molecular formula is C25H29F2N3O4. The molecule has 4 rings (SSSR count). The number of carbonyl (C=O) groups is 2. The van der Waals surface area contributed by atoms with Crippen LogP contribution in [-0.2, 0) is 16.8 Å². The van der Waals surface area contributed by atoms with Gasteiger partial charge >= 0.3 is 0 Å². The first kappa shape index (κ1) is 24.3. The molecule has 2 amide bonds. The summed E-state index contributed by atoms with van der Waals surface area (Å²) in [6, 6.07) is 10.8. The summed E-state index contributed by atoms with van der Waals surface area (Å²) in [4.78, 5) is 27.4. The Balaban J connectivity index is 1.60. The van der Waals surface area contributed by atoms with Gasteiger partial charge < -0.3 is 15.1 Å². The molecule has 2 atom stereocenters. The number of fused-ring (bicyclic) bond motifs is 1. The summed E-state index contributed by atoms with van der Waals surface area (Å²) in [5.74, 6) is -0.459. The molecule has 0 aromatic heterocycles. The van der Waals surface area contributed by atoms with Crippen molar-refractivity contribution in [2.24, 2.45) is 0 Å². The van der Waals surface area contributed by atoms with Crippen molar-refractivity contribution in [3.05, 3.63) is 70.3 Å². The van der Waals surface area contributed by atoms with Crippen molar-refractivity contribution in [1.82, 2.24) is 15.3 Å². The van der Waals surface area contributed by atoms with Crippen LogP contribution in [0, 0.1) is 0 Å². The molecule has 2 aliphatic heterocycles. The van der Waals surface area contributed by atoms with Gasteiger partial charge in [-0.15, -0.1) is 0 Å². The van der Waals surface area contributed by atoms with Gasteiger partial charge in [-0.05, 0) is 55.0 Å². The van der Waals surface area contributed by atoms with Gasteiger partial charge in [-0.1, -0.05) is 30.3 Å². The summed E-state index contributed by atoms with van der Waals surface area (Å²) in [6.45, 7) is 2.96. The Hall–Kier alpha value is -2.88. The highest BCUT2D eigenvalue weighted by Crippen LogP contribution is 2.41. The predicted octanol–water partition coefficient (Wildman–Crippen LogP) is 3.04. The lowest BCUT2D eigenvalue weighted by Gasteiger charge is -2.26. The third kappa shape index (κ3) is 4.55. The Morgan fingerprint density at radius 3 is 2.65 bits per heavy atom. The van der Waals surface area contributed by atoms with Crippen LogP contribution in [0.1, 0.15) is 71.3 Å². The number of alkyl halides is 2. The van der Waals surface area contributed by atoms with Crippen molar-refractivity contribution in [1.29, 1.82) is 0 Å². The van der Waals surface area contributed by atoms with E-state index in [1.807, 2.05) is 25.1 Å². The van der Waals surface area contributed by atoms with Crippen LogP contribution in [0.3, 0.4) is 0 Å². The molecule has 1 unspecified atom stereocenters. The minimum atomic E-state index is -2.68. The van der Waals surface area contributed by atoms with Crippen LogP contribution in [-0.4, -0.2) is 51.8 Å². The van der Waals surface area contributed by atoms with Gasteiger partial charge in [0.25, 0.3) is 12.3 Å². The van der Waals surface area contributed by atoms with E-state index in [1.165, 1.54) is 18.2 Å². The van der Waals surface area contributed by atoms with Crippen molar-refractivity contribution < 1.29 is 28.6 Å². The first-order valence-corrected chi connectivity index (χ1v) is 11.3. The van der Waals surface area contributed by atoms with E-state index >= 15 is 0 Å². The molecule has 0 bridgehead atoms. The van der Waals surface area contributed by atoms with E-state index in [0.29, 0.717) is 25.9 Å². The Morgan fingerprint density at radius 1 is 1.24 bits per heavy atom. The lowest BCUT2D eigenvalue weighted by Crippen LogP contribution is -2.41. The minimum Gasteiger partial charge on any atom is -0.368 e. The van der Waals surface area contributed by atoms with Crippen LogP contribution in [0.5, 0.6) is 0 Å².